The highest BCUT2D eigenvalue weighted by Crippen LogP contribution is 2.11. The van der Waals surface area contributed by atoms with Gasteiger partial charge in [0.1, 0.15) is 0 Å². The molecule has 0 radical (unpaired) electrons. The van der Waals surface area contributed by atoms with Crippen molar-refractivity contribution >= 4 is 0 Å². The van der Waals surface area contributed by atoms with E-state index in [1.165, 1.54) is 11.1 Å². The Balaban J connectivity index is 2.60. The van der Waals surface area contributed by atoms with E-state index in [2.05, 4.69) is 30.0 Å². The molecule has 0 spiro atoms. The average Bonchev–Trinajstić information content (AvgIpc) is 2.34. The van der Waals surface area contributed by atoms with E-state index in [0.717, 1.165) is 26.1 Å². The lowest BCUT2D eigenvalue weighted by atomic mass is 10.1. The molecule has 3 N–H and O–H groups in total. The van der Waals surface area contributed by atoms with E-state index in [-0.39, 0.29) is 6.10 Å². The van der Waals surface area contributed by atoms with Gasteiger partial charge >= 0.3 is 0 Å². The Labute approximate surface area is 104 Å². The van der Waals surface area contributed by atoms with Gasteiger partial charge in [-0.05, 0) is 31.0 Å². The molecule has 0 aromatic heterocycles. The number of aliphatic hydroxyl groups excluding tert-OH is 1. The number of nitrogens with zero attached hydrogens (tertiary/aromatic N) is 1. The SMILES string of the molecule is CCN(CCC(C)O)Cc1ccccc1CN. The predicted octanol–water partition coefficient (Wildman–Crippen LogP) is 1.74. The van der Waals surface area contributed by atoms with Gasteiger partial charge in [0.25, 0.3) is 0 Å². The summed E-state index contributed by atoms with van der Waals surface area (Å²) in [6.07, 6.45) is 0.590. The van der Waals surface area contributed by atoms with E-state index in [1.54, 1.807) is 0 Å². The van der Waals surface area contributed by atoms with Crippen LogP contribution in [-0.4, -0.2) is 29.2 Å². The van der Waals surface area contributed by atoms with E-state index in [0.29, 0.717) is 6.54 Å². The van der Waals surface area contributed by atoms with Crippen molar-refractivity contribution in [2.24, 2.45) is 5.73 Å². The van der Waals surface area contributed by atoms with Gasteiger partial charge < -0.3 is 10.8 Å². The molecule has 3 nitrogen and oxygen atoms in total. The summed E-state index contributed by atoms with van der Waals surface area (Å²) in [5.41, 5.74) is 8.24. The fraction of sp³-hybridized carbons (Fsp3) is 0.571. The van der Waals surface area contributed by atoms with Crippen molar-refractivity contribution < 1.29 is 5.11 Å². The van der Waals surface area contributed by atoms with Gasteiger partial charge in [0.15, 0.2) is 0 Å². The fourth-order valence-corrected chi connectivity index (χ4v) is 1.87. The van der Waals surface area contributed by atoms with Crippen molar-refractivity contribution in [3.63, 3.8) is 0 Å². The predicted molar refractivity (Wildman–Crippen MR) is 71.6 cm³/mol. The fourth-order valence-electron chi connectivity index (χ4n) is 1.87. The van der Waals surface area contributed by atoms with Gasteiger partial charge in [-0.2, -0.15) is 0 Å². The lowest BCUT2D eigenvalue weighted by molar-refractivity contribution is 0.155. The molecule has 17 heavy (non-hydrogen) atoms. The first kappa shape index (κ1) is 14.2. The molecule has 0 saturated carbocycles. The zero-order chi connectivity index (χ0) is 12.7. The Kier molecular flexibility index (Phi) is 6.19. The summed E-state index contributed by atoms with van der Waals surface area (Å²) in [6.45, 7) is 7.40. The monoisotopic (exact) mass is 236 g/mol. The molecular weight excluding hydrogens is 212 g/mol. The van der Waals surface area contributed by atoms with Gasteiger partial charge in [0, 0.05) is 19.6 Å². The van der Waals surface area contributed by atoms with E-state index < -0.39 is 0 Å². The van der Waals surface area contributed by atoms with Crippen molar-refractivity contribution in [3.05, 3.63) is 35.4 Å². The zero-order valence-electron chi connectivity index (χ0n) is 10.9. The van der Waals surface area contributed by atoms with Crippen molar-refractivity contribution in [3.8, 4) is 0 Å². The molecule has 0 fully saturated rings. The van der Waals surface area contributed by atoms with Crippen LogP contribution < -0.4 is 5.73 Å². The molecule has 0 heterocycles. The molecule has 1 aromatic rings. The standard InChI is InChI=1S/C14H24N2O/c1-3-16(9-8-12(2)17)11-14-7-5-4-6-13(14)10-15/h4-7,12,17H,3,8-11,15H2,1-2H3. The summed E-state index contributed by atoms with van der Waals surface area (Å²) in [5.74, 6) is 0. The summed E-state index contributed by atoms with van der Waals surface area (Å²) >= 11 is 0. The number of hydrogen-bond acceptors (Lipinski definition) is 3. The van der Waals surface area contributed by atoms with Crippen LogP contribution in [0.15, 0.2) is 24.3 Å². The molecule has 3 heteroatoms. The normalized spacial score (nSPS) is 13.0. The summed E-state index contributed by atoms with van der Waals surface area (Å²) in [4.78, 5) is 2.33. The second-order valence-corrected chi connectivity index (χ2v) is 4.48. The largest absolute Gasteiger partial charge is 0.393 e. The molecule has 1 unspecified atom stereocenters. The first-order valence-electron chi connectivity index (χ1n) is 6.34. The van der Waals surface area contributed by atoms with E-state index in [1.807, 2.05) is 13.0 Å². The number of rotatable bonds is 7. The summed E-state index contributed by atoms with van der Waals surface area (Å²) < 4.78 is 0. The molecule has 0 bridgehead atoms. The van der Waals surface area contributed by atoms with E-state index in [9.17, 15) is 5.11 Å². The van der Waals surface area contributed by atoms with Crippen LogP contribution in [0, 0.1) is 0 Å². The first-order valence-corrected chi connectivity index (χ1v) is 6.34. The van der Waals surface area contributed by atoms with Crippen molar-refractivity contribution in [1.29, 1.82) is 0 Å². The Morgan fingerprint density at radius 3 is 2.47 bits per heavy atom. The summed E-state index contributed by atoms with van der Waals surface area (Å²) in [5, 5.41) is 9.32. The number of benzene rings is 1. The third-order valence-corrected chi connectivity index (χ3v) is 3.04. The smallest absolute Gasteiger partial charge is 0.0524 e. The lowest BCUT2D eigenvalue weighted by Gasteiger charge is -2.22. The molecule has 1 rings (SSSR count). The van der Waals surface area contributed by atoms with Crippen molar-refractivity contribution in [1.82, 2.24) is 4.90 Å². The van der Waals surface area contributed by atoms with Gasteiger partial charge in [-0.3, -0.25) is 4.90 Å². The summed E-state index contributed by atoms with van der Waals surface area (Å²) in [7, 11) is 0. The molecule has 0 aliphatic carbocycles. The molecule has 0 amide bonds. The van der Waals surface area contributed by atoms with Crippen LogP contribution >= 0.6 is 0 Å². The molecule has 1 aromatic carbocycles. The number of nitrogens with two attached hydrogens (primary N) is 1. The minimum absolute atomic E-state index is 0.228. The average molecular weight is 236 g/mol. The van der Waals surface area contributed by atoms with Crippen LogP contribution in [0.25, 0.3) is 0 Å². The van der Waals surface area contributed by atoms with E-state index in [4.69, 9.17) is 5.73 Å². The second kappa shape index (κ2) is 7.43. The highest BCUT2D eigenvalue weighted by atomic mass is 16.3. The van der Waals surface area contributed by atoms with Gasteiger partial charge in [0.05, 0.1) is 6.10 Å². The lowest BCUT2D eigenvalue weighted by Crippen LogP contribution is -2.27. The third kappa shape index (κ3) is 4.86. The Morgan fingerprint density at radius 2 is 1.94 bits per heavy atom. The second-order valence-electron chi connectivity index (χ2n) is 4.48. The van der Waals surface area contributed by atoms with Crippen LogP contribution in [-0.2, 0) is 13.1 Å². The maximum absolute atomic E-state index is 9.32. The topological polar surface area (TPSA) is 49.5 Å². The molecule has 0 saturated heterocycles. The molecule has 1 atom stereocenters. The van der Waals surface area contributed by atoms with Crippen molar-refractivity contribution in [2.75, 3.05) is 13.1 Å². The highest BCUT2D eigenvalue weighted by Gasteiger charge is 2.07. The highest BCUT2D eigenvalue weighted by molar-refractivity contribution is 5.26. The minimum atomic E-state index is -0.228. The van der Waals surface area contributed by atoms with Gasteiger partial charge in [-0.1, -0.05) is 31.2 Å². The molecular formula is C14H24N2O. The number of hydrogen-bond donors (Lipinski definition) is 2. The van der Waals surface area contributed by atoms with Gasteiger partial charge in [0.2, 0.25) is 0 Å². The summed E-state index contributed by atoms with van der Waals surface area (Å²) in [6, 6.07) is 8.29. The van der Waals surface area contributed by atoms with Crippen LogP contribution in [0.5, 0.6) is 0 Å². The zero-order valence-corrected chi connectivity index (χ0v) is 10.9. The molecule has 0 aliphatic rings. The van der Waals surface area contributed by atoms with E-state index >= 15 is 0 Å². The Hall–Kier alpha value is -0.900. The first-order chi connectivity index (χ1) is 8.17. The minimum Gasteiger partial charge on any atom is -0.393 e. The van der Waals surface area contributed by atoms with Crippen LogP contribution in [0.4, 0.5) is 0 Å². The quantitative estimate of drug-likeness (QED) is 0.758. The maximum atomic E-state index is 9.32. The van der Waals surface area contributed by atoms with Crippen LogP contribution in [0.3, 0.4) is 0 Å². The number of aliphatic hydroxyl groups is 1. The Bertz CT molecular complexity index is 326. The van der Waals surface area contributed by atoms with Crippen LogP contribution in [0.2, 0.25) is 0 Å². The third-order valence-electron chi connectivity index (χ3n) is 3.04. The van der Waals surface area contributed by atoms with Gasteiger partial charge in [-0.15, -0.1) is 0 Å². The molecule has 96 valence electrons. The van der Waals surface area contributed by atoms with Crippen molar-refractivity contribution in [2.45, 2.75) is 39.5 Å². The molecule has 0 aliphatic heterocycles. The van der Waals surface area contributed by atoms with Gasteiger partial charge in [-0.25, -0.2) is 0 Å². The van der Waals surface area contributed by atoms with Crippen LogP contribution in [0.1, 0.15) is 31.4 Å². The maximum Gasteiger partial charge on any atom is 0.0524 e. The Morgan fingerprint density at radius 1 is 1.29 bits per heavy atom.